The first-order chi connectivity index (χ1) is 7.85. The molecule has 1 heterocycles. The van der Waals surface area contributed by atoms with Gasteiger partial charge in [-0.15, -0.1) is 0 Å². The first-order valence-electron chi connectivity index (χ1n) is 5.96. The SMILES string of the molecule is CCCS(=O)(=O)CCNCC1CCS(=O)(=O)C1. The quantitative estimate of drug-likeness (QED) is 0.657. The summed E-state index contributed by atoms with van der Waals surface area (Å²) in [6.07, 6.45) is 1.33. The highest BCUT2D eigenvalue weighted by Gasteiger charge is 2.27. The molecule has 1 saturated heterocycles. The summed E-state index contributed by atoms with van der Waals surface area (Å²) in [5.74, 6) is 1.02. The molecule has 1 unspecified atom stereocenters. The van der Waals surface area contributed by atoms with Crippen molar-refractivity contribution in [2.75, 3.05) is 36.1 Å². The number of nitrogens with one attached hydrogen (secondary N) is 1. The Morgan fingerprint density at radius 3 is 2.53 bits per heavy atom. The Morgan fingerprint density at radius 1 is 1.29 bits per heavy atom. The number of hydrogen-bond donors (Lipinski definition) is 1. The predicted molar refractivity (Wildman–Crippen MR) is 68.6 cm³/mol. The minimum Gasteiger partial charge on any atom is -0.315 e. The van der Waals surface area contributed by atoms with Crippen LogP contribution < -0.4 is 5.32 Å². The van der Waals surface area contributed by atoms with E-state index in [1.54, 1.807) is 0 Å². The molecule has 0 aromatic heterocycles. The van der Waals surface area contributed by atoms with Gasteiger partial charge in [-0.1, -0.05) is 6.92 Å². The van der Waals surface area contributed by atoms with Crippen LogP contribution in [0, 0.1) is 5.92 Å². The highest BCUT2D eigenvalue weighted by molar-refractivity contribution is 7.91. The van der Waals surface area contributed by atoms with Crippen molar-refractivity contribution < 1.29 is 16.8 Å². The fourth-order valence-electron chi connectivity index (χ4n) is 1.98. The Kier molecular flexibility index (Phi) is 5.40. The summed E-state index contributed by atoms with van der Waals surface area (Å²) in [6, 6.07) is 0. The van der Waals surface area contributed by atoms with Crippen LogP contribution in [0.15, 0.2) is 0 Å². The normalized spacial score (nSPS) is 23.9. The molecule has 0 spiro atoms. The average Bonchev–Trinajstić information content (AvgIpc) is 2.53. The van der Waals surface area contributed by atoms with Gasteiger partial charge in [0.15, 0.2) is 19.7 Å². The lowest BCUT2D eigenvalue weighted by Gasteiger charge is -2.09. The van der Waals surface area contributed by atoms with E-state index in [1.165, 1.54) is 0 Å². The second kappa shape index (κ2) is 6.15. The van der Waals surface area contributed by atoms with E-state index in [4.69, 9.17) is 0 Å². The third-order valence-electron chi connectivity index (χ3n) is 2.86. The van der Waals surface area contributed by atoms with E-state index in [0.29, 0.717) is 25.9 Å². The first-order valence-corrected chi connectivity index (χ1v) is 9.60. The zero-order valence-corrected chi connectivity index (χ0v) is 11.8. The topological polar surface area (TPSA) is 80.3 Å². The molecule has 0 amide bonds. The largest absolute Gasteiger partial charge is 0.315 e. The fraction of sp³-hybridized carbons (Fsp3) is 1.00. The van der Waals surface area contributed by atoms with Gasteiger partial charge in [0.2, 0.25) is 0 Å². The number of sulfone groups is 2. The van der Waals surface area contributed by atoms with Gasteiger partial charge in [-0.05, 0) is 25.3 Å². The van der Waals surface area contributed by atoms with Crippen LogP contribution in [-0.2, 0) is 19.7 Å². The molecular formula is C10H21NO4S2. The van der Waals surface area contributed by atoms with Crippen LogP contribution in [0.1, 0.15) is 19.8 Å². The third-order valence-corrected chi connectivity index (χ3v) is 6.56. The molecule has 1 N–H and O–H groups in total. The maximum Gasteiger partial charge on any atom is 0.151 e. The lowest BCUT2D eigenvalue weighted by molar-refractivity contribution is 0.528. The van der Waals surface area contributed by atoms with Crippen LogP contribution in [0.5, 0.6) is 0 Å². The molecule has 1 rings (SSSR count). The van der Waals surface area contributed by atoms with E-state index in [0.717, 1.165) is 0 Å². The molecule has 1 atom stereocenters. The summed E-state index contributed by atoms with van der Waals surface area (Å²) < 4.78 is 45.2. The zero-order valence-electron chi connectivity index (χ0n) is 10.2. The average molecular weight is 283 g/mol. The zero-order chi connectivity index (χ0) is 12.9. The Balaban J connectivity index is 2.17. The van der Waals surface area contributed by atoms with Crippen molar-refractivity contribution >= 4 is 19.7 Å². The summed E-state index contributed by atoms with van der Waals surface area (Å²) in [7, 11) is -5.76. The highest BCUT2D eigenvalue weighted by atomic mass is 32.2. The molecule has 1 aliphatic heterocycles. The molecule has 0 aromatic carbocycles. The number of hydrogen-bond acceptors (Lipinski definition) is 5. The van der Waals surface area contributed by atoms with E-state index in [9.17, 15) is 16.8 Å². The van der Waals surface area contributed by atoms with Gasteiger partial charge in [-0.2, -0.15) is 0 Å². The van der Waals surface area contributed by atoms with Gasteiger partial charge in [0.05, 0.1) is 17.3 Å². The van der Waals surface area contributed by atoms with E-state index in [2.05, 4.69) is 5.32 Å². The van der Waals surface area contributed by atoms with Crippen molar-refractivity contribution in [3.8, 4) is 0 Å². The Bertz CT molecular complexity index is 427. The second-order valence-electron chi connectivity index (χ2n) is 4.63. The Hall–Kier alpha value is -0.140. The minimum atomic E-state index is -2.93. The molecule has 0 aliphatic carbocycles. The van der Waals surface area contributed by atoms with Gasteiger partial charge in [0.1, 0.15) is 0 Å². The monoisotopic (exact) mass is 283 g/mol. The summed E-state index contributed by atoms with van der Waals surface area (Å²) in [4.78, 5) is 0. The van der Waals surface area contributed by atoms with Crippen LogP contribution in [0.4, 0.5) is 0 Å². The molecule has 0 radical (unpaired) electrons. The minimum absolute atomic E-state index is 0.139. The summed E-state index contributed by atoms with van der Waals surface area (Å²) >= 11 is 0. The second-order valence-corrected chi connectivity index (χ2v) is 9.16. The van der Waals surface area contributed by atoms with Gasteiger partial charge < -0.3 is 5.32 Å². The smallest absolute Gasteiger partial charge is 0.151 e. The van der Waals surface area contributed by atoms with Gasteiger partial charge in [-0.25, -0.2) is 16.8 Å². The summed E-state index contributed by atoms with van der Waals surface area (Å²) in [5.41, 5.74) is 0. The van der Waals surface area contributed by atoms with Crippen LogP contribution >= 0.6 is 0 Å². The predicted octanol–water partition coefficient (Wildman–Crippen LogP) is -0.164. The molecule has 5 nitrogen and oxygen atoms in total. The Morgan fingerprint density at radius 2 is 2.00 bits per heavy atom. The molecule has 7 heteroatoms. The van der Waals surface area contributed by atoms with Crippen LogP contribution in [0.3, 0.4) is 0 Å². The summed E-state index contributed by atoms with van der Waals surface area (Å²) in [6.45, 7) is 2.86. The standard InChI is InChI=1S/C10H21NO4S2/c1-2-5-16(12,13)7-4-11-8-10-3-6-17(14,15)9-10/h10-11H,2-9H2,1H3. The maximum atomic E-state index is 11.4. The van der Waals surface area contributed by atoms with Crippen LogP contribution in [0.2, 0.25) is 0 Å². The van der Waals surface area contributed by atoms with Crippen molar-refractivity contribution in [1.29, 1.82) is 0 Å². The molecule has 102 valence electrons. The van der Waals surface area contributed by atoms with Crippen molar-refractivity contribution in [1.82, 2.24) is 5.32 Å². The Labute approximate surface area is 104 Å². The van der Waals surface area contributed by atoms with Gasteiger partial charge >= 0.3 is 0 Å². The van der Waals surface area contributed by atoms with Crippen LogP contribution in [-0.4, -0.2) is 52.9 Å². The van der Waals surface area contributed by atoms with Crippen molar-refractivity contribution in [3.63, 3.8) is 0 Å². The fourth-order valence-corrected chi connectivity index (χ4v) is 5.12. The lowest BCUT2D eigenvalue weighted by Crippen LogP contribution is -2.29. The van der Waals surface area contributed by atoms with Crippen LogP contribution in [0.25, 0.3) is 0 Å². The molecular weight excluding hydrogens is 262 g/mol. The number of rotatable bonds is 7. The van der Waals surface area contributed by atoms with E-state index < -0.39 is 19.7 Å². The highest BCUT2D eigenvalue weighted by Crippen LogP contribution is 2.17. The van der Waals surface area contributed by atoms with Gasteiger partial charge in [0.25, 0.3) is 0 Å². The molecule has 17 heavy (non-hydrogen) atoms. The third kappa shape index (κ3) is 5.83. The molecule has 0 bridgehead atoms. The molecule has 1 fully saturated rings. The van der Waals surface area contributed by atoms with E-state index in [-0.39, 0.29) is 28.9 Å². The van der Waals surface area contributed by atoms with Crippen molar-refractivity contribution in [2.45, 2.75) is 19.8 Å². The first kappa shape index (κ1) is 14.9. The molecule has 0 saturated carbocycles. The maximum absolute atomic E-state index is 11.4. The summed E-state index contributed by atoms with van der Waals surface area (Å²) in [5, 5.41) is 3.04. The van der Waals surface area contributed by atoms with Crippen molar-refractivity contribution in [3.05, 3.63) is 0 Å². The van der Waals surface area contributed by atoms with E-state index >= 15 is 0 Å². The van der Waals surface area contributed by atoms with Gasteiger partial charge in [0, 0.05) is 12.3 Å². The lowest BCUT2D eigenvalue weighted by atomic mass is 10.1. The van der Waals surface area contributed by atoms with Gasteiger partial charge in [-0.3, -0.25) is 0 Å². The van der Waals surface area contributed by atoms with E-state index in [1.807, 2.05) is 6.92 Å². The molecule has 1 aliphatic rings. The molecule has 0 aromatic rings. The van der Waals surface area contributed by atoms with Crippen molar-refractivity contribution in [2.24, 2.45) is 5.92 Å².